The van der Waals surface area contributed by atoms with E-state index in [-0.39, 0.29) is 30.5 Å². The zero-order chi connectivity index (χ0) is 23.5. The van der Waals surface area contributed by atoms with E-state index in [0.29, 0.717) is 29.4 Å². The molecule has 3 amide bonds. The Labute approximate surface area is 197 Å². The summed E-state index contributed by atoms with van der Waals surface area (Å²) in [5.74, 6) is -1.34. The smallest absolute Gasteiger partial charge is 0.274 e. The molecule has 1 N–H and O–H groups in total. The Hall–Kier alpha value is -3.13. The highest BCUT2D eigenvalue weighted by molar-refractivity contribution is 6.30. The second-order valence-corrected chi connectivity index (χ2v) is 9.07. The summed E-state index contributed by atoms with van der Waals surface area (Å²) in [7, 11) is 1.55. The molecule has 1 aromatic carbocycles. The quantitative estimate of drug-likeness (QED) is 0.743. The molecule has 0 bridgehead atoms. The minimum absolute atomic E-state index is 0.0422. The average molecular weight is 471 g/mol. The van der Waals surface area contributed by atoms with Crippen LogP contribution in [-0.4, -0.2) is 46.8 Å². The standard InChI is InChI=1S/C24H27ClN4O4/c1-27-14-17(23(32)28-10-4-2-3-5-11-28)12-20(24(27)33)26-22(31)16-13-21(30)29(15-16)19-8-6-18(25)7-9-19/h6-9,12,14,16H,2-5,10-11,13,15H2,1H3,(H,26,31). The molecule has 0 saturated carbocycles. The van der Waals surface area contributed by atoms with Gasteiger partial charge in [0, 0.05) is 50.0 Å². The van der Waals surface area contributed by atoms with Crippen LogP contribution in [0, 0.1) is 5.92 Å². The van der Waals surface area contributed by atoms with Gasteiger partial charge in [0.15, 0.2) is 0 Å². The molecular formula is C24H27ClN4O4. The SMILES string of the molecule is Cn1cc(C(=O)N2CCCCCC2)cc(NC(=O)C2CC(=O)N(c3ccc(Cl)cc3)C2)c1=O. The van der Waals surface area contributed by atoms with E-state index in [9.17, 15) is 19.2 Å². The number of aryl methyl sites for hydroxylation is 1. The van der Waals surface area contributed by atoms with Crippen molar-refractivity contribution >= 4 is 40.7 Å². The van der Waals surface area contributed by atoms with E-state index in [4.69, 9.17) is 11.6 Å². The topological polar surface area (TPSA) is 91.7 Å². The van der Waals surface area contributed by atoms with Gasteiger partial charge in [-0.25, -0.2) is 0 Å². The summed E-state index contributed by atoms with van der Waals surface area (Å²) in [5, 5.41) is 3.22. The minimum Gasteiger partial charge on any atom is -0.339 e. The number of benzene rings is 1. The number of carbonyl (C=O) groups excluding carboxylic acids is 3. The number of anilines is 2. The summed E-state index contributed by atoms with van der Waals surface area (Å²) in [5.41, 5.74) is 0.662. The Morgan fingerprint density at radius 1 is 1.03 bits per heavy atom. The van der Waals surface area contributed by atoms with Crippen molar-refractivity contribution < 1.29 is 14.4 Å². The summed E-state index contributed by atoms with van der Waals surface area (Å²) in [6.07, 6.45) is 5.67. The molecule has 0 radical (unpaired) electrons. The van der Waals surface area contributed by atoms with Crippen molar-refractivity contribution in [2.24, 2.45) is 13.0 Å². The third-order valence-corrected chi connectivity index (χ3v) is 6.47. The first kappa shape index (κ1) is 23.0. The third kappa shape index (κ3) is 5.11. The number of amides is 3. The molecule has 9 heteroatoms. The van der Waals surface area contributed by atoms with Gasteiger partial charge in [-0.1, -0.05) is 24.4 Å². The molecule has 2 fully saturated rings. The zero-order valence-corrected chi connectivity index (χ0v) is 19.3. The summed E-state index contributed by atoms with van der Waals surface area (Å²) in [4.78, 5) is 54.4. The Morgan fingerprint density at radius 2 is 1.70 bits per heavy atom. The zero-order valence-electron chi connectivity index (χ0n) is 18.6. The van der Waals surface area contributed by atoms with Gasteiger partial charge in [-0.15, -0.1) is 0 Å². The van der Waals surface area contributed by atoms with Crippen LogP contribution < -0.4 is 15.8 Å². The van der Waals surface area contributed by atoms with Gasteiger partial charge >= 0.3 is 0 Å². The molecule has 2 saturated heterocycles. The van der Waals surface area contributed by atoms with Gasteiger partial charge in [0.2, 0.25) is 11.8 Å². The molecule has 174 valence electrons. The lowest BCUT2D eigenvalue weighted by Gasteiger charge is -2.21. The Morgan fingerprint density at radius 3 is 2.36 bits per heavy atom. The van der Waals surface area contributed by atoms with E-state index in [1.165, 1.54) is 21.7 Å². The van der Waals surface area contributed by atoms with Crippen LogP contribution in [0.2, 0.25) is 5.02 Å². The van der Waals surface area contributed by atoms with Gasteiger partial charge in [0.25, 0.3) is 11.5 Å². The van der Waals surface area contributed by atoms with Gasteiger partial charge in [-0.05, 0) is 43.2 Å². The van der Waals surface area contributed by atoms with E-state index in [1.54, 1.807) is 36.2 Å². The molecule has 0 spiro atoms. The van der Waals surface area contributed by atoms with Crippen LogP contribution in [0.25, 0.3) is 0 Å². The largest absolute Gasteiger partial charge is 0.339 e. The fourth-order valence-corrected chi connectivity index (χ4v) is 4.49. The van der Waals surface area contributed by atoms with Crippen molar-refractivity contribution in [3.63, 3.8) is 0 Å². The molecule has 3 heterocycles. The van der Waals surface area contributed by atoms with Crippen LogP contribution in [0.4, 0.5) is 11.4 Å². The second-order valence-electron chi connectivity index (χ2n) is 8.64. The van der Waals surface area contributed by atoms with Gasteiger partial charge in [-0.2, -0.15) is 0 Å². The van der Waals surface area contributed by atoms with Gasteiger partial charge in [-0.3, -0.25) is 19.2 Å². The highest BCUT2D eigenvalue weighted by Gasteiger charge is 2.35. The molecule has 2 aliphatic heterocycles. The molecule has 2 aliphatic rings. The van der Waals surface area contributed by atoms with Crippen LogP contribution in [0.15, 0.2) is 41.3 Å². The van der Waals surface area contributed by atoms with Gasteiger partial charge < -0.3 is 19.7 Å². The lowest BCUT2D eigenvalue weighted by molar-refractivity contribution is -0.122. The first-order chi connectivity index (χ1) is 15.8. The van der Waals surface area contributed by atoms with Crippen LogP contribution in [0.5, 0.6) is 0 Å². The van der Waals surface area contributed by atoms with E-state index >= 15 is 0 Å². The molecule has 1 unspecified atom stereocenters. The molecule has 33 heavy (non-hydrogen) atoms. The van der Waals surface area contributed by atoms with E-state index < -0.39 is 17.4 Å². The summed E-state index contributed by atoms with van der Waals surface area (Å²) in [6, 6.07) is 8.28. The number of rotatable bonds is 4. The van der Waals surface area contributed by atoms with Crippen molar-refractivity contribution in [3.05, 3.63) is 57.5 Å². The number of nitrogens with zero attached hydrogens (tertiary/aromatic N) is 3. The maximum absolute atomic E-state index is 13.0. The number of carbonyl (C=O) groups is 3. The van der Waals surface area contributed by atoms with Crippen molar-refractivity contribution in [2.75, 3.05) is 29.9 Å². The lowest BCUT2D eigenvalue weighted by Crippen LogP contribution is -2.34. The fraction of sp³-hybridized carbons (Fsp3) is 0.417. The van der Waals surface area contributed by atoms with Crippen LogP contribution in [-0.2, 0) is 16.6 Å². The molecule has 1 atom stereocenters. The third-order valence-electron chi connectivity index (χ3n) is 6.22. The Kier molecular flexibility index (Phi) is 6.83. The van der Waals surface area contributed by atoms with Crippen molar-refractivity contribution in [2.45, 2.75) is 32.1 Å². The van der Waals surface area contributed by atoms with Crippen molar-refractivity contribution in [1.82, 2.24) is 9.47 Å². The predicted octanol–water partition coefficient (Wildman–Crippen LogP) is 3.05. The van der Waals surface area contributed by atoms with Crippen LogP contribution >= 0.6 is 11.6 Å². The highest BCUT2D eigenvalue weighted by Crippen LogP contribution is 2.27. The number of hydrogen-bond acceptors (Lipinski definition) is 4. The maximum Gasteiger partial charge on any atom is 0.274 e. The monoisotopic (exact) mass is 470 g/mol. The fourth-order valence-electron chi connectivity index (χ4n) is 4.36. The molecule has 8 nitrogen and oxygen atoms in total. The number of hydrogen-bond donors (Lipinski definition) is 1. The number of pyridine rings is 1. The Balaban J connectivity index is 1.49. The second kappa shape index (κ2) is 9.79. The number of halogens is 1. The number of likely N-dealkylation sites (tertiary alicyclic amines) is 1. The summed E-state index contributed by atoms with van der Waals surface area (Å²) in [6.45, 7) is 1.58. The molecular weight excluding hydrogens is 444 g/mol. The predicted molar refractivity (Wildman–Crippen MR) is 127 cm³/mol. The van der Waals surface area contributed by atoms with Crippen LogP contribution in [0.1, 0.15) is 42.5 Å². The number of aromatic nitrogens is 1. The van der Waals surface area contributed by atoms with Crippen LogP contribution in [0.3, 0.4) is 0 Å². The maximum atomic E-state index is 13.0. The molecule has 1 aromatic heterocycles. The van der Waals surface area contributed by atoms with E-state index in [2.05, 4.69) is 5.32 Å². The van der Waals surface area contributed by atoms with Gasteiger partial charge in [0.05, 0.1) is 11.5 Å². The highest BCUT2D eigenvalue weighted by atomic mass is 35.5. The summed E-state index contributed by atoms with van der Waals surface area (Å²) >= 11 is 5.92. The van der Waals surface area contributed by atoms with Gasteiger partial charge in [0.1, 0.15) is 5.69 Å². The minimum atomic E-state index is -0.608. The van der Waals surface area contributed by atoms with E-state index in [1.807, 2.05) is 0 Å². The number of nitrogens with one attached hydrogen (secondary N) is 1. The van der Waals surface area contributed by atoms with Crippen molar-refractivity contribution in [1.29, 1.82) is 0 Å². The average Bonchev–Trinajstić information content (AvgIpc) is 3.00. The molecule has 0 aliphatic carbocycles. The normalized spacial score (nSPS) is 18.8. The molecule has 4 rings (SSSR count). The first-order valence-corrected chi connectivity index (χ1v) is 11.6. The van der Waals surface area contributed by atoms with E-state index in [0.717, 1.165) is 25.7 Å². The molecule has 2 aromatic rings. The lowest BCUT2D eigenvalue weighted by atomic mass is 10.1. The Bertz CT molecular complexity index is 1120. The summed E-state index contributed by atoms with van der Waals surface area (Å²) < 4.78 is 1.31. The first-order valence-electron chi connectivity index (χ1n) is 11.2. The van der Waals surface area contributed by atoms with Crippen molar-refractivity contribution in [3.8, 4) is 0 Å².